The van der Waals surface area contributed by atoms with Gasteiger partial charge in [-0.05, 0) is 5.56 Å². The largest absolute Gasteiger partial charge is 0.341 e. The van der Waals surface area contributed by atoms with Crippen molar-refractivity contribution < 1.29 is 4.79 Å². The highest BCUT2D eigenvalue weighted by Crippen LogP contribution is 2.34. The van der Waals surface area contributed by atoms with E-state index in [1.54, 1.807) is 0 Å². The summed E-state index contributed by atoms with van der Waals surface area (Å²) >= 11 is 0. The minimum atomic E-state index is 0.125. The van der Waals surface area contributed by atoms with Crippen molar-refractivity contribution in [2.75, 3.05) is 19.6 Å². The molecule has 0 bridgehead atoms. The minimum absolute atomic E-state index is 0.125. The standard InChI is InChI=1S/C16H22N2O/c1-12(2)16(19)18-10-14-9-17(15(14)11-18)8-13-6-4-3-5-7-13/h3-7,12,14-15H,8-11H2,1-2H3. The normalized spacial score (nSPS) is 26.4. The molecule has 0 saturated carbocycles. The monoisotopic (exact) mass is 258 g/mol. The van der Waals surface area contributed by atoms with Gasteiger partial charge in [-0.1, -0.05) is 44.2 Å². The number of carbonyl (C=O) groups is 1. The maximum atomic E-state index is 12.0. The van der Waals surface area contributed by atoms with Crippen LogP contribution in [-0.2, 0) is 11.3 Å². The molecule has 1 aromatic carbocycles. The van der Waals surface area contributed by atoms with Gasteiger partial charge in [0, 0.05) is 44.1 Å². The van der Waals surface area contributed by atoms with Crippen molar-refractivity contribution in [3.63, 3.8) is 0 Å². The van der Waals surface area contributed by atoms with Crippen LogP contribution >= 0.6 is 0 Å². The van der Waals surface area contributed by atoms with Crippen LogP contribution in [0.4, 0.5) is 0 Å². The van der Waals surface area contributed by atoms with Crippen molar-refractivity contribution in [1.29, 1.82) is 0 Å². The highest BCUT2D eigenvalue weighted by molar-refractivity contribution is 5.78. The van der Waals surface area contributed by atoms with Gasteiger partial charge in [0.2, 0.25) is 5.91 Å². The maximum absolute atomic E-state index is 12.0. The van der Waals surface area contributed by atoms with E-state index in [1.807, 2.05) is 13.8 Å². The zero-order chi connectivity index (χ0) is 13.4. The van der Waals surface area contributed by atoms with E-state index in [2.05, 4.69) is 40.1 Å². The fourth-order valence-corrected chi connectivity index (χ4v) is 3.29. The molecule has 0 spiro atoms. The smallest absolute Gasteiger partial charge is 0.225 e. The van der Waals surface area contributed by atoms with Gasteiger partial charge in [0.15, 0.2) is 0 Å². The first-order valence-electron chi connectivity index (χ1n) is 7.22. The zero-order valence-electron chi connectivity index (χ0n) is 11.7. The molecule has 3 rings (SSSR count). The molecule has 0 aliphatic carbocycles. The van der Waals surface area contributed by atoms with Crippen molar-refractivity contribution in [2.45, 2.75) is 26.4 Å². The molecule has 2 aliphatic rings. The van der Waals surface area contributed by atoms with Gasteiger partial charge in [-0.3, -0.25) is 9.69 Å². The second-order valence-corrected chi connectivity index (χ2v) is 6.14. The van der Waals surface area contributed by atoms with Gasteiger partial charge in [-0.2, -0.15) is 0 Å². The van der Waals surface area contributed by atoms with Gasteiger partial charge >= 0.3 is 0 Å². The molecule has 0 N–H and O–H groups in total. The van der Waals surface area contributed by atoms with Crippen LogP contribution in [0.1, 0.15) is 19.4 Å². The van der Waals surface area contributed by atoms with E-state index >= 15 is 0 Å². The first kappa shape index (κ1) is 12.7. The lowest BCUT2D eigenvalue weighted by Gasteiger charge is -2.43. The summed E-state index contributed by atoms with van der Waals surface area (Å²) in [4.78, 5) is 16.6. The van der Waals surface area contributed by atoms with E-state index in [1.165, 1.54) is 5.56 Å². The Balaban J connectivity index is 1.58. The van der Waals surface area contributed by atoms with Crippen LogP contribution in [0.2, 0.25) is 0 Å². The summed E-state index contributed by atoms with van der Waals surface area (Å²) in [6.07, 6.45) is 0. The number of fused-ring (bicyclic) bond motifs is 1. The van der Waals surface area contributed by atoms with Gasteiger partial charge in [-0.25, -0.2) is 0 Å². The molecule has 1 aromatic rings. The Bertz CT molecular complexity index is 457. The Kier molecular flexibility index (Phi) is 3.31. The predicted molar refractivity (Wildman–Crippen MR) is 75.5 cm³/mol. The lowest BCUT2D eigenvalue weighted by molar-refractivity contribution is -0.133. The zero-order valence-corrected chi connectivity index (χ0v) is 11.7. The molecule has 102 valence electrons. The third-order valence-corrected chi connectivity index (χ3v) is 4.38. The van der Waals surface area contributed by atoms with Gasteiger partial charge in [0.05, 0.1) is 0 Å². The highest BCUT2D eigenvalue weighted by Gasteiger charge is 2.46. The quantitative estimate of drug-likeness (QED) is 0.828. The van der Waals surface area contributed by atoms with Crippen LogP contribution in [0.25, 0.3) is 0 Å². The summed E-state index contributed by atoms with van der Waals surface area (Å²) < 4.78 is 0. The molecule has 0 aromatic heterocycles. The summed E-state index contributed by atoms with van der Waals surface area (Å²) in [5.74, 6) is 1.14. The molecule has 2 saturated heterocycles. The Morgan fingerprint density at radius 2 is 1.95 bits per heavy atom. The summed E-state index contributed by atoms with van der Waals surface area (Å²) in [5, 5.41) is 0. The Hall–Kier alpha value is -1.35. The van der Waals surface area contributed by atoms with E-state index in [4.69, 9.17) is 0 Å². The number of amides is 1. The van der Waals surface area contributed by atoms with Crippen LogP contribution in [0, 0.1) is 11.8 Å². The first-order valence-corrected chi connectivity index (χ1v) is 7.22. The number of hydrogen-bond donors (Lipinski definition) is 0. The third-order valence-electron chi connectivity index (χ3n) is 4.38. The number of rotatable bonds is 3. The second kappa shape index (κ2) is 4.97. The molecule has 2 fully saturated rings. The topological polar surface area (TPSA) is 23.6 Å². The molecule has 19 heavy (non-hydrogen) atoms. The van der Waals surface area contributed by atoms with E-state index in [0.717, 1.165) is 26.2 Å². The van der Waals surface area contributed by atoms with Gasteiger partial charge in [0.25, 0.3) is 0 Å². The van der Waals surface area contributed by atoms with Crippen LogP contribution < -0.4 is 0 Å². The summed E-state index contributed by atoms with van der Waals surface area (Å²) in [5.41, 5.74) is 1.37. The predicted octanol–water partition coefficient (Wildman–Crippen LogP) is 1.99. The summed E-state index contributed by atoms with van der Waals surface area (Å²) in [6.45, 7) is 8.03. The maximum Gasteiger partial charge on any atom is 0.225 e. The molecule has 2 heterocycles. The number of carbonyl (C=O) groups excluding carboxylic acids is 1. The average molecular weight is 258 g/mol. The summed E-state index contributed by atoms with van der Waals surface area (Å²) in [6, 6.07) is 11.2. The molecule has 3 heteroatoms. The van der Waals surface area contributed by atoms with Crippen molar-refractivity contribution in [2.24, 2.45) is 11.8 Å². The van der Waals surface area contributed by atoms with Gasteiger partial charge in [0.1, 0.15) is 0 Å². The van der Waals surface area contributed by atoms with Gasteiger partial charge in [-0.15, -0.1) is 0 Å². The Morgan fingerprint density at radius 3 is 2.63 bits per heavy atom. The lowest BCUT2D eigenvalue weighted by atomic mass is 9.91. The van der Waals surface area contributed by atoms with E-state index in [9.17, 15) is 4.79 Å². The Labute approximate surface area is 115 Å². The van der Waals surface area contributed by atoms with Crippen molar-refractivity contribution >= 4 is 5.91 Å². The molecule has 2 atom stereocenters. The van der Waals surface area contributed by atoms with Crippen molar-refractivity contribution in [3.8, 4) is 0 Å². The molecule has 1 amide bonds. The van der Waals surface area contributed by atoms with Crippen LogP contribution in [0.15, 0.2) is 30.3 Å². The fraction of sp³-hybridized carbons (Fsp3) is 0.562. The third kappa shape index (κ3) is 2.39. The van der Waals surface area contributed by atoms with E-state index in [0.29, 0.717) is 17.9 Å². The van der Waals surface area contributed by atoms with Crippen LogP contribution in [0.3, 0.4) is 0 Å². The number of likely N-dealkylation sites (tertiary alicyclic amines) is 2. The number of benzene rings is 1. The summed E-state index contributed by atoms with van der Waals surface area (Å²) in [7, 11) is 0. The van der Waals surface area contributed by atoms with Crippen molar-refractivity contribution in [3.05, 3.63) is 35.9 Å². The lowest BCUT2D eigenvalue weighted by Crippen LogP contribution is -2.54. The molecule has 3 nitrogen and oxygen atoms in total. The first-order chi connectivity index (χ1) is 9.15. The molecule has 0 radical (unpaired) electrons. The van der Waals surface area contributed by atoms with E-state index in [-0.39, 0.29) is 5.92 Å². The molecule has 2 unspecified atom stereocenters. The second-order valence-electron chi connectivity index (χ2n) is 6.14. The highest BCUT2D eigenvalue weighted by atomic mass is 16.2. The molecular formula is C16H22N2O. The van der Waals surface area contributed by atoms with E-state index < -0.39 is 0 Å². The number of hydrogen-bond acceptors (Lipinski definition) is 2. The average Bonchev–Trinajstić information content (AvgIpc) is 2.74. The van der Waals surface area contributed by atoms with Crippen LogP contribution in [-0.4, -0.2) is 41.4 Å². The van der Waals surface area contributed by atoms with Crippen LogP contribution in [0.5, 0.6) is 0 Å². The van der Waals surface area contributed by atoms with Crippen molar-refractivity contribution in [1.82, 2.24) is 9.80 Å². The molecular weight excluding hydrogens is 236 g/mol. The van der Waals surface area contributed by atoms with Gasteiger partial charge < -0.3 is 4.90 Å². The molecule has 2 aliphatic heterocycles. The minimum Gasteiger partial charge on any atom is -0.341 e. The fourth-order valence-electron chi connectivity index (χ4n) is 3.29. The Morgan fingerprint density at radius 1 is 1.21 bits per heavy atom. The SMILES string of the molecule is CC(C)C(=O)N1CC2CN(Cc3ccccc3)C2C1. The number of nitrogens with zero attached hydrogens (tertiary/aromatic N) is 2.